The number of carbonyl (C=O) groups is 1. The molecule has 2 aromatic rings. The largest absolute Gasteiger partial charge is 0.496 e. The molecule has 6 heteroatoms. The summed E-state index contributed by atoms with van der Waals surface area (Å²) in [6.07, 6.45) is 3.71. The molecule has 28 heavy (non-hydrogen) atoms. The van der Waals surface area contributed by atoms with Crippen LogP contribution in [0.25, 0.3) is 6.08 Å². The summed E-state index contributed by atoms with van der Waals surface area (Å²) in [7, 11) is 1.54. The smallest absolute Gasteiger partial charge is 0.231 e. The number of ketones is 1. The van der Waals surface area contributed by atoms with E-state index < -0.39 is 11.7 Å². The Morgan fingerprint density at radius 1 is 1.11 bits per heavy atom. The van der Waals surface area contributed by atoms with Crippen molar-refractivity contribution in [2.75, 3.05) is 13.9 Å². The maximum absolute atomic E-state index is 13.0. The van der Waals surface area contributed by atoms with Gasteiger partial charge in [0.2, 0.25) is 6.79 Å². The fraction of sp³-hybridized carbons (Fsp3) is 0.318. The number of benzene rings is 2. The number of hydrogen-bond acceptors (Lipinski definition) is 6. The Bertz CT molecular complexity index is 1020. The number of hydrogen-bond donors (Lipinski definition) is 0. The van der Waals surface area contributed by atoms with Gasteiger partial charge in [0, 0.05) is 6.07 Å². The summed E-state index contributed by atoms with van der Waals surface area (Å²) < 4.78 is 28.7. The predicted octanol–water partition coefficient (Wildman–Crippen LogP) is 4.31. The summed E-state index contributed by atoms with van der Waals surface area (Å²) in [4.78, 5) is 13.0. The van der Waals surface area contributed by atoms with Crippen molar-refractivity contribution in [3.05, 3.63) is 47.0 Å². The van der Waals surface area contributed by atoms with E-state index >= 15 is 0 Å². The second kappa shape index (κ2) is 5.92. The van der Waals surface area contributed by atoms with E-state index in [1.54, 1.807) is 13.2 Å². The average molecular weight is 380 g/mol. The van der Waals surface area contributed by atoms with Crippen LogP contribution < -0.4 is 23.7 Å². The van der Waals surface area contributed by atoms with E-state index in [9.17, 15) is 4.79 Å². The van der Waals surface area contributed by atoms with Crippen LogP contribution in [-0.2, 0) is 0 Å². The van der Waals surface area contributed by atoms with Crippen molar-refractivity contribution in [2.24, 2.45) is 0 Å². The molecule has 0 radical (unpaired) electrons. The lowest BCUT2D eigenvalue weighted by atomic mass is 9.91. The lowest BCUT2D eigenvalue weighted by Crippen LogP contribution is -2.29. The Kier molecular flexibility index (Phi) is 3.59. The lowest BCUT2D eigenvalue weighted by molar-refractivity contribution is 0.0840. The van der Waals surface area contributed by atoms with Gasteiger partial charge < -0.3 is 23.7 Å². The van der Waals surface area contributed by atoms with E-state index in [0.29, 0.717) is 34.3 Å². The van der Waals surface area contributed by atoms with Gasteiger partial charge in [0.1, 0.15) is 34.5 Å². The highest BCUT2D eigenvalue weighted by molar-refractivity contribution is 6.04. The molecular weight excluding hydrogens is 360 g/mol. The van der Waals surface area contributed by atoms with Gasteiger partial charge in [-0.2, -0.15) is 0 Å². The molecule has 0 N–H and O–H groups in total. The van der Waals surface area contributed by atoms with Gasteiger partial charge in [-0.15, -0.1) is 0 Å². The maximum atomic E-state index is 13.0. The minimum atomic E-state index is -0.443. The molecule has 5 rings (SSSR count). The van der Waals surface area contributed by atoms with Crippen molar-refractivity contribution in [2.45, 2.75) is 32.0 Å². The van der Waals surface area contributed by atoms with Crippen LogP contribution in [0.2, 0.25) is 0 Å². The van der Waals surface area contributed by atoms with Gasteiger partial charge in [0.05, 0.1) is 19.1 Å². The molecule has 2 aromatic carbocycles. The minimum Gasteiger partial charge on any atom is -0.496 e. The number of ether oxygens (including phenoxy) is 5. The molecule has 3 aliphatic heterocycles. The summed E-state index contributed by atoms with van der Waals surface area (Å²) in [5.74, 6) is 2.94. The monoisotopic (exact) mass is 380 g/mol. The predicted molar refractivity (Wildman–Crippen MR) is 102 cm³/mol. The second-order valence-corrected chi connectivity index (χ2v) is 7.58. The zero-order chi connectivity index (χ0) is 19.5. The van der Waals surface area contributed by atoms with E-state index in [2.05, 4.69) is 0 Å². The van der Waals surface area contributed by atoms with Gasteiger partial charge in [-0.25, -0.2) is 0 Å². The summed E-state index contributed by atoms with van der Waals surface area (Å²) in [6, 6.07) is 7.38. The molecule has 0 spiro atoms. The van der Waals surface area contributed by atoms with Gasteiger partial charge in [-0.3, -0.25) is 4.79 Å². The maximum Gasteiger partial charge on any atom is 0.231 e. The molecule has 1 unspecified atom stereocenters. The summed E-state index contributed by atoms with van der Waals surface area (Å²) in [5.41, 5.74) is 1.64. The molecular formula is C22H20O6. The third kappa shape index (κ3) is 2.59. The van der Waals surface area contributed by atoms with Crippen LogP contribution in [0.15, 0.2) is 30.3 Å². The quantitative estimate of drug-likeness (QED) is 0.773. The Balaban J connectivity index is 1.60. The molecule has 0 aliphatic carbocycles. The lowest BCUT2D eigenvalue weighted by Gasteiger charge is -2.33. The van der Waals surface area contributed by atoms with E-state index in [-0.39, 0.29) is 19.0 Å². The zero-order valence-electron chi connectivity index (χ0n) is 15.9. The van der Waals surface area contributed by atoms with Crippen LogP contribution in [0.4, 0.5) is 0 Å². The van der Waals surface area contributed by atoms with Crippen LogP contribution >= 0.6 is 0 Å². The van der Waals surface area contributed by atoms with Gasteiger partial charge in [0.25, 0.3) is 0 Å². The fourth-order valence-corrected chi connectivity index (χ4v) is 3.77. The van der Waals surface area contributed by atoms with Crippen LogP contribution in [-0.4, -0.2) is 25.3 Å². The fourth-order valence-electron chi connectivity index (χ4n) is 3.77. The van der Waals surface area contributed by atoms with E-state index in [1.807, 2.05) is 44.2 Å². The van der Waals surface area contributed by atoms with Crippen molar-refractivity contribution in [3.63, 3.8) is 0 Å². The van der Waals surface area contributed by atoms with Crippen LogP contribution in [0, 0.1) is 0 Å². The second-order valence-electron chi connectivity index (χ2n) is 7.58. The van der Waals surface area contributed by atoms with E-state index in [1.165, 1.54) is 0 Å². The van der Waals surface area contributed by atoms with Crippen molar-refractivity contribution >= 4 is 11.9 Å². The van der Waals surface area contributed by atoms with Gasteiger partial charge in [0.15, 0.2) is 17.3 Å². The van der Waals surface area contributed by atoms with Crippen molar-refractivity contribution in [3.8, 4) is 28.7 Å². The molecule has 3 aliphatic rings. The Labute approximate surface area is 162 Å². The highest BCUT2D eigenvalue weighted by Crippen LogP contribution is 2.49. The summed E-state index contributed by atoms with van der Waals surface area (Å²) >= 11 is 0. The minimum absolute atomic E-state index is 0.0261. The standard InChI is InChI=1S/C22H20O6/c1-22(2)7-6-13-17(28-22)10-19(24-3)20-14(23)9-16(27-21(13)20)12-4-5-15-18(8-12)26-11-25-15/h4-8,10,16H,9,11H2,1-3H3. The van der Waals surface area contributed by atoms with Crippen LogP contribution in [0.1, 0.15) is 47.9 Å². The Morgan fingerprint density at radius 2 is 1.93 bits per heavy atom. The average Bonchev–Trinajstić information content (AvgIpc) is 3.13. The summed E-state index contributed by atoms with van der Waals surface area (Å²) in [6.45, 7) is 4.15. The van der Waals surface area contributed by atoms with Crippen LogP contribution in [0.5, 0.6) is 28.7 Å². The molecule has 0 saturated heterocycles. The van der Waals surface area contributed by atoms with E-state index in [4.69, 9.17) is 23.7 Å². The van der Waals surface area contributed by atoms with Crippen LogP contribution in [0.3, 0.4) is 0 Å². The van der Waals surface area contributed by atoms with Gasteiger partial charge >= 0.3 is 0 Å². The van der Waals surface area contributed by atoms with Crippen molar-refractivity contribution < 1.29 is 28.5 Å². The number of fused-ring (bicyclic) bond motifs is 4. The zero-order valence-corrected chi connectivity index (χ0v) is 15.9. The molecule has 6 nitrogen and oxygen atoms in total. The number of Topliss-reactive ketones (excluding diaryl/α,β-unsaturated/α-hetero) is 1. The first-order valence-electron chi connectivity index (χ1n) is 9.18. The molecule has 0 bridgehead atoms. The molecule has 0 amide bonds. The highest BCUT2D eigenvalue weighted by atomic mass is 16.7. The highest BCUT2D eigenvalue weighted by Gasteiger charge is 2.36. The molecule has 3 heterocycles. The van der Waals surface area contributed by atoms with E-state index in [0.717, 1.165) is 11.1 Å². The normalized spacial score (nSPS) is 20.7. The third-order valence-corrected chi connectivity index (χ3v) is 5.17. The summed E-state index contributed by atoms with van der Waals surface area (Å²) in [5, 5.41) is 0. The van der Waals surface area contributed by atoms with Crippen molar-refractivity contribution in [1.29, 1.82) is 0 Å². The first kappa shape index (κ1) is 17.0. The SMILES string of the molecule is COc1cc2c(c3c1C(=O)CC(c1ccc4c(c1)OCO4)O3)C=CC(C)(C)O2. The molecule has 0 saturated carbocycles. The first-order chi connectivity index (χ1) is 13.4. The molecule has 0 fully saturated rings. The number of rotatable bonds is 2. The van der Waals surface area contributed by atoms with Crippen molar-refractivity contribution in [1.82, 2.24) is 0 Å². The third-order valence-electron chi connectivity index (χ3n) is 5.17. The Morgan fingerprint density at radius 3 is 2.75 bits per heavy atom. The number of carbonyl (C=O) groups excluding carboxylic acids is 1. The Hall–Kier alpha value is -3.15. The molecule has 144 valence electrons. The van der Waals surface area contributed by atoms with Gasteiger partial charge in [-0.05, 0) is 43.7 Å². The topological polar surface area (TPSA) is 63.2 Å². The van der Waals surface area contributed by atoms with Gasteiger partial charge in [-0.1, -0.05) is 6.07 Å². The molecule has 0 aromatic heterocycles. The number of methoxy groups -OCH3 is 1. The molecule has 1 atom stereocenters. The first-order valence-corrected chi connectivity index (χ1v) is 9.18.